The Morgan fingerprint density at radius 3 is 2.76 bits per heavy atom. The topological polar surface area (TPSA) is 63.1 Å². The van der Waals surface area contributed by atoms with Gasteiger partial charge in [0, 0.05) is 12.6 Å². The Bertz CT molecular complexity index is 689. The summed E-state index contributed by atoms with van der Waals surface area (Å²) in [5, 5.41) is 9.16. The minimum atomic E-state index is -1.07. The van der Waals surface area contributed by atoms with Crippen molar-refractivity contribution in [3.63, 3.8) is 0 Å². The van der Waals surface area contributed by atoms with Crippen molar-refractivity contribution in [3.8, 4) is 0 Å². The highest BCUT2D eigenvalue weighted by molar-refractivity contribution is 6.30. The molecule has 0 aliphatic heterocycles. The van der Waals surface area contributed by atoms with Crippen LogP contribution < -0.4 is 0 Å². The van der Waals surface area contributed by atoms with Gasteiger partial charge in [-0.15, -0.1) is 0 Å². The number of carbonyl (C=O) groups is 1. The number of carboxylic acids is 1. The van der Waals surface area contributed by atoms with Gasteiger partial charge in [0.1, 0.15) is 11.6 Å². The summed E-state index contributed by atoms with van der Waals surface area (Å²) in [7, 11) is 0. The zero-order chi connectivity index (χ0) is 15.6. The fraction of sp³-hybridized carbons (Fsp3) is 0.267. The van der Waals surface area contributed by atoms with Crippen molar-refractivity contribution >= 4 is 17.6 Å². The van der Waals surface area contributed by atoms with Crippen molar-refractivity contribution in [3.05, 3.63) is 57.9 Å². The number of hydrogen-bond donors (Lipinski definition) is 1. The van der Waals surface area contributed by atoms with Gasteiger partial charge in [-0.05, 0) is 17.5 Å². The first kappa shape index (κ1) is 15.4. The third-order valence-electron chi connectivity index (χ3n) is 3.03. The van der Waals surface area contributed by atoms with Crippen LogP contribution in [0.2, 0.25) is 5.02 Å². The number of rotatable bonds is 4. The van der Waals surface area contributed by atoms with Gasteiger partial charge in [-0.1, -0.05) is 37.6 Å². The fourth-order valence-electron chi connectivity index (χ4n) is 1.98. The smallest absolute Gasteiger partial charge is 0.339 e. The average molecular weight is 309 g/mol. The first-order valence-electron chi connectivity index (χ1n) is 6.42. The predicted octanol–water partition coefficient (Wildman–Crippen LogP) is 3.68. The molecule has 0 radical (unpaired) electrons. The van der Waals surface area contributed by atoms with E-state index in [2.05, 4.69) is 9.97 Å². The molecule has 110 valence electrons. The number of benzene rings is 1. The number of carboxylic acid groups (broad SMARTS) is 1. The van der Waals surface area contributed by atoms with Crippen LogP contribution in [0.3, 0.4) is 0 Å². The SMILES string of the molecule is CC(C)c1nc(Cc2cccc(Cl)c2F)ncc1C(=O)O. The van der Waals surface area contributed by atoms with Crippen molar-refractivity contribution in [1.82, 2.24) is 9.97 Å². The van der Waals surface area contributed by atoms with Crippen LogP contribution in [-0.4, -0.2) is 21.0 Å². The number of aromatic nitrogens is 2. The molecule has 0 spiro atoms. The van der Waals surface area contributed by atoms with Crippen LogP contribution in [-0.2, 0) is 6.42 Å². The molecule has 1 N–H and O–H groups in total. The number of hydrogen-bond acceptors (Lipinski definition) is 3. The lowest BCUT2D eigenvalue weighted by atomic mass is 10.0. The number of nitrogens with zero attached hydrogens (tertiary/aromatic N) is 2. The molecule has 0 saturated carbocycles. The van der Waals surface area contributed by atoms with E-state index in [-0.39, 0.29) is 22.9 Å². The molecule has 21 heavy (non-hydrogen) atoms. The fourth-order valence-corrected chi connectivity index (χ4v) is 2.17. The molecule has 4 nitrogen and oxygen atoms in total. The highest BCUT2D eigenvalue weighted by Gasteiger charge is 2.17. The molecule has 2 rings (SSSR count). The Labute approximate surface area is 126 Å². The van der Waals surface area contributed by atoms with Gasteiger partial charge < -0.3 is 5.11 Å². The van der Waals surface area contributed by atoms with Crippen LogP contribution in [0.25, 0.3) is 0 Å². The molecule has 1 aromatic carbocycles. The number of aromatic carboxylic acids is 1. The van der Waals surface area contributed by atoms with Crippen LogP contribution in [0.15, 0.2) is 24.4 Å². The van der Waals surface area contributed by atoms with E-state index in [0.29, 0.717) is 17.1 Å². The van der Waals surface area contributed by atoms with Gasteiger partial charge in [-0.25, -0.2) is 19.2 Å². The lowest BCUT2D eigenvalue weighted by Gasteiger charge is -2.10. The molecule has 0 bridgehead atoms. The largest absolute Gasteiger partial charge is 0.478 e. The zero-order valence-corrected chi connectivity index (χ0v) is 12.4. The van der Waals surface area contributed by atoms with E-state index < -0.39 is 11.8 Å². The summed E-state index contributed by atoms with van der Waals surface area (Å²) in [6.45, 7) is 3.69. The third-order valence-corrected chi connectivity index (χ3v) is 3.32. The minimum absolute atomic E-state index is 0.0405. The zero-order valence-electron chi connectivity index (χ0n) is 11.6. The molecule has 6 heteroatoms. The molecule has 2 aromatic rings. The van der Waals surface area contributed by atoms with Crippen molar-refractivity contribution in [1.29, 1.82) is 0 Å². The maximum atomic E-state index is 13.9. The highest BCUT2D eigenvalue weighted by Crippen LogP contribution is 2.21. The summed E-state index contributed by atoms with van der Waals surface area (Å²) in [6, 6.07) is 4.72. The lowest BCUT2D eigenvalue weighted by molar-refractivity contribution is 0.0694. The number of halogens is 2. The quantitative estimate of drug-likeness (QED) is 0.935. The van der Waals surface area contributed by atoms with Gasteiger partial charge in [0.2, 0.25) is 0 Å². The Kier molecular flexibility index (Phi) is 4.53. The Morgan fingerprint density at radius 2 is 2.14 bits per heavy atom. The molecule has 0 fully saturated rings. The van der Waals surface area contributed by atoms with Gasteiger partial charge in [0.25, 0.3) is 0 Å². The van der Waals surface area contributed by atoms with E-state index in [1.807, 2.05) is 13.8 Å². The van der Waals surface area contributed by atoms with E-state index in [1.165, 1.54) is 12.3 Å². The molecule has 0 amide bonds. The second-order valence-corrected chi connectivity index (χ2v) is 5.34. The van der Waals surface area contributed by atoms with E-state index in [9.17, 15) is 9.18 Å². The van der Waals surface area contributed by atoms with Gasteiger partial charge in [-0.3, -0.25) is 0 Å². The van der Waals surface area contributed by atoms with E-state index in [0.717, 1.165) is 0 Å². The van der Waals surface area contributed by atoms with Crippen molar-refractivity contribution in [2.75, 3.05) is 0 Å². The molecule has 0 unspecified atom stereocenters. The van der Waals surface area contributed by atoms with Crippen LogP contribution in [0.4, 0.5) is 4.39 Å². The molecular formula is C15H14ClFN2O2. The van der Waals surface area contributed by atoms with Crippen molar-refractivity contribution < 1.29 is 14.3 Å². The molecular weight excluding hydrogens is 295 g/mol. The molecule has 0 aliphatic rings. The maximum Gasteiger partial charge on any atom is 0.339 e. The monoisotopic (exact) mass is 308 g/mol. The van der Waals surface area contributed by atoms with Gasteiger partial charge in [0.05, 0.1) is 16.3 Å². The Hall–Kier alpha value is -2.01. The van der Waals surface area contributed by atoms with Crippen LogP contribution in [0, 0.1) is 5.82 Å². The van der Waals surface area contributed by atoms with E-state index >= 15 is 0 Å². The second-order valence-electron chi connectivity index (χ2n) is 4.93. The van der Waals surface area contributed by atoms with Crippen molar-refractivity contribution in [2.24, 2.45) is 0 Å². The summed E-state index contributed by atoms with van der Waals surface area (Å²) >= 11 is 5.74. The molecule has 0 aliphatic carbocycles. The first-order chi connectivity index (χ1) is 9.90. The van der Waals surface area contributed by atoms with E-state index in [4.69, 9.17) is 16.7 Å². The first-order valence-corrected chi connectivity index (χ1v) is 6.80. The average Bonchev–Trinajstić information content (AvgIpc) is 2.43. The second kappa shape index (κ2) is 6.18. The summed E-state index contributed by atoms with van der Waals surface area (Å²) in [5.41, 5.74) is 0.885. The van der Waals surface area contributed by atoms with Crippen LogP contribution >= 0.6 is 11.6 Å². The maximum absolute atomic E-state index is 13.9. The van der Waals surface area contributed by atoms with Gasteiger partial charge in [0.15, 0.2) is 0 Å². The Balaban J connectivity index is 2.39. The minimum Gasteiger partial charge on any atom is -0.478 e. The molecule has 1 aromatic heterocycles. The summed E-state index contributed by atoms with van der Waals surface area (Å²) in [6.07, 6.45) is 1.43. The predicted molar refractivity (Wildman–Crippen MR) is 77.3 cm³/mol. The van der Waals surface area contributed by atoms with Crippen LogP contribution in [0.1, 0.15) is 47.2 Å². The molecule has 0 atom stereocenters. The Morgan fingerprint density at radius 1 is 1.43 bits per heavy atom. The summed E-state index contributed by atoms with van der Waals surface area (Å²) in [4.78, 5) is 19.4. The van der Waals surface area contributed by atoms with Gasteiger partial charge >= 0.3 is 5.97 Å². The summed E-state index contributed by atoms with van der Waals surface area (Å²) in [5.74, 6) is -1.28. The third kappa shape index (κ3) is 3.36. The summed E-state index contributed by atoms with van der Waals surface area (Å²) < 4.78 is 13.9. The normalized spacial score (nSPS) is 10.9. The van der Waals surface area contributed by atoms with E-state index in [1.54, 1.807) is 12.1 Å². The van der Waals surface area contributed by atoms with Crippen LogP contribution in [0.5, 0.6) is 0 Å². The van der Waals surface area contributed by atoms with Gasteiger partial charge in [-0.2, -0.15) is 0 Å². The molecule has 0 saturated heterocycles. The lowest BCUT2D eigenvalue weighted by Crippen LogP contribution is -2.11. The molecule has 1 heterocycles. The van der Waals surface area contributed by atoms with Crippen molar-refractivity contribution in [2.45, 2.75) is 26.2 Å². The highest BCUT2D eigenvalue weighted by atomic mass is 35.5. The standard InChI is InChI=1S/C15H14ClFN2O2/c1-8(2)14-10(15(20)21)7-18-12(19-14)6-9-4-3-5-11(16)13(9)17/h3-5,7-8H,6H2,1-2H3,(H,20,21).